The molecule has 2 aromatic rings. The zero-order valence-corrected chi connectivity index (χ0v) is 11.4. The maximum atomic E-state index is 10.7. The Balaban J connectivity index is 1.60. The van der Waals surface area contributed by atoms with Gasteiger partial charge in [-0.1, -0.05) is 5.16 Å². The number of furan rings is 1. The fraction of sp³-hybridized carbons (Fsp3) is 0.429. The normalized spacial score (nSPS) is 19.7. The number of aromatic nitrogens is 1. The van der Waals surface area contributed by atoms with Gasteiger partial charge in [0.25, 0.3) is 0 Å². The van der Waals surface area contributed by atoms with Crippen molar-refractivity contribution in [3.05, 3.63) is 30.2 Å². The standard InChI is InChI=1S/C14H16N2O5/c17-14(18)7-11-9-16(3-5-19-11)8-10-6-13(21-15-10)12-2-1-4-20-12/h1-2,4,6,11H,3,5,7-9H2,(H,17,18). The number of carbonyl (C=O) groups is 1. The van der Waals surface area contributed by atoms with E-state index in [9.17, 15) is 4.79 Å². The van der Waals surface area contributed by atoms with E-state index in [1.165, 1.54) is 0 Å². The summed E-state index contributed by atoms with van der Waals surface area (Å²) < 4.78 is 15.9. The van der Waals surface area contributed by atoms with Crippen molar-refractivity contribution in [2.45, 2.75) is 19.1 Å². The highest BCUT2D eigenvalue weighted by Gasteiger charge is 2.23. The Morgan fingerprint density at radius 1 is 1.48 bits per heavy atom. The molecule has 1 saturated heterocycles. The van der Waals surface area contributed by atoms with Gasteiger partial charge in [-0.05, 0) is 12.1 Å². The Labute approximate surface area is 121 Å². The van der Waals surface area contributed by atoms with E-state index >= 15 is 0 Å². The first kappa shape index (κ1) is 13.8. The van der Waals surface area contributed by atoms with Crippen LogP contribution in [0.5, 0.6) is 0 Å². The molecule has 112 valence electrons. The summed E-state index contributed by atoms with van der Waals surface area (Å²) in [7, 11) is 0. The fourth-order valence-corrected chi connectivity index (χ4v) is 2.39. The van der Waals surface area contributed by atoms with Gasteiger partial charge in [-0.2, -0.15) is 0 Å². The molecule has 0 amide bonds. The molecular formula is C14H16N2O5. The maximum Gasteiger partial charge on any atom is 0.306 e. The Morgan fingerprint density at radius 3 is 3.14 bits per heavy atom. The van der Waals surface area contributed by atoms with Gasteiger partial charge in [0.2, 0.25) is 5.76 Å². The number of ether oxygens (including phenoxy) is 1. The summed E-state index contributed by atoms with van der Waals surface area (Å²) >= 11 is 0. The van der Waals surface area contributed by atoms with Crippen molar-refractivity contribution in [3.8, 4) is 11.5 Å². The number of hydrogen-bond donors (Lipinski definition) is 1. The topological polar surface area (TPSA) is 88.9 Å². The summed E-state index contributed by atoms with van der Waals surface area (Å²) in [6, 6.07) is 5.43. The predicted octanol–water partition coefficient (Wildman–Crippen LogP) is 1.61. The second-order valence-electron chi connectivity index (χ2n) is 4.99. The summed E-state index contributed by atoms with van der Waals surface area (Å²) in [5, 5.41) is 12.8. The molecule has 0 bridgehead atoms. The van der Waals surface area contributed by atoms with E-state index in [0.29, 0.717) is 31.2 Å². The molecule has 0 radical (unpaired) electrons. The quantitative estimate of drug-likeness (QED) is 0.895. The van der Waals surface area contributed by atoms with Gasteiger partial charge >= 0.3 is 5.97 Å². The van der Waals surface area contributed by atoms with E-state index in [4.69, 9.17) is 18.8 Å². The number of nitrogens with zero attached hydrogens (tertiary/aromatic N) is 2. The molecule has 3 heterocycles. The number of carboxylic acids is 1. The highest BCUT2D eigenvalue weighted by Crippen LogP contribution is 2.21. The van der Waals surface area contributed by atoms with Crippen molar-refractivity contribution >= 4 is 5.97 Å². The lowest BCUT2D eigenvalue weighted by Crippen LogP contribution is -2.42. The zero-order chi connectivity index (χ0) is 14.7. The number of carboxylic acid groups (broad SMARTS) is 1. The molecule has 0 aliphatic carbocycles. The molecule has 2 aromatic heterocycles. The second-order valence-corrected chi connectivity index (χ2v) is 4.99. The molecule has 21 heavy (non-hydrogen) atoms. The van der Waals surface area contributed by atoms with Crippen molar-refractivity contribution in [2.75, 3.05) is 19.7 Å². The molecule has 1 N–H and O–H groups in total. The minimum atomic E-state index is -0.844. The Morgan fingerprint density at radius 2 is 2.38 bits per heavy atom. The second kappa shape index (κ2) is 6.11. The number of hydrogen-bond acceptors (Lipinski definition) is 6. The molecule has 1 aliphatic rings. The fourth-order valence-electron chi connectivity index (χ4n) is 2.39. The van der Waals surface area contributed by atoms with Crippen LogP contribution in [0.15, 0.2) is 33.4 Å². The first-order valence-corrected chi connectivity index (χ1v) is 6.76. The summed E-state index contributed by atoms with van der Waals surface area (Å²) in [4.78, 5) is 12.8. The van der Waals surface area contributed by atoms with Crippen molar-refractivity contribution in [1.29, 1.82) is 0 Å². The summed E-state index contributed by atoms with van der Waals surface area (Å²) in [6.45, 7) is 2.46. The van der Waals surface area contributed by atoms with Gasteiger partial charge in [-0.15, -0.1) is 0 Å². The Kier molecular flexibility index (Phi) is 4.03. The van der Waals surface area contributed by atoms with Crippen molar-refractivity contribution in [2.24, 2.45) is 0 Å². The van der Waals surface area contributed by atoms with Gasteiger partial charge in [-0.3, -0.25) is 9.69 Å². The molecular weight excluding hydrogens is 276 g/mol. The van der Waals surface area contributed by atoms with E-state index < -0.39 is 5.97 Å². The lowest BCUT2D eigenvalue weighted by Gasteiger charge is -2.31. The van der Waals surface area contributed by atoms with Gasteiger partial charge in [0.1, 0.15) is 0 Å². The van der Waals surface area contributed by atoms with Crippen LogP contribution < -0.4 is 0 Å². The number of rotatable bonds is 5. The predicted molar refractivity (Wildman–Crippen MR) is 71.5 cm³/mol. The number of morpholine rings is 1. The van der Waals surface area contributed by atoms with Crippen molar-refractivity contribution in [3.63, 3.8) is 0 Å². The summed E-state index contributed by atoms with van der Waals surface area (Å²) in [5.41, 5.74) is 0.789. The Hall–Kier alpha value is -2.12. The number of aliphatic carboxylic acids is 1. The van der Waals surface area contributed by atoms with Gasteiger partial charge in [0.15, 0.2) is 5.76 Å². The van der Waals surface area contributed by atoms with Crippen LogP contribution >= 0.6 is 0 Å². The molecule has 1 aliphatic heterocycles. The molecule has 1 atom stereocenters. The van der Waals surface area contributed by atoms with E-state index in [-0.39, 0.29) is 12.5 Å². The average Bonchev–Trinajstić information content (AvgIpc) is 3.08. The Bertz CT molecular complexity index is 592. The van der Waals surface area contributed by atoms with Crippen molar-refractivity contribution < 1.29 is 23.6 Å². The minimum Gasteiger partial charge on any atom is -0.481 e. The molecule has 1 fully saturated rings. The van der Waals surface area contributed by atoms with Crippen LogP contribution in [0.25, 0.3) is 11.5 Å². The highest BCUT2D eigenvalue weighted by atomic mass is 16.5. The van der Waals surface area contributed by atoms with Crippen LogP contribution in [0, 0.1) is 0 Å². The van der Waals surface area contributed by atoms with Gasteiger partial charge in [0.05, 0.1) is 31.1 Å². The smallest absolute Gasteiger partial charge is 0.306 e. The molecule has 0 aromatic carbocycles. The summed E-state index contributed by atoms with van der Waals surface area (Å²) in [5.74, 6) is 0.383. The van der Waals surface area contributed by atoms with Crippen LogP contribution in [0.1, 0.15) is 12.1 Å². The van der Waals surface area contributed by atoms with Crippen LogP contribution in [0.2, 0.25) is 0 Å². The molecule has 7 nitrogen and oxygen atoms in total. The highest BCUT2D eigenvalue weighted by molar-refractivity contribution is 5.67. The lowest BCUT2D eigenvalue weighted by atomic mass is 10.2. The van der Waals surface area contributed by atoms with Gasteiger partial charge < -0.3 is 18.8 Å². The van der Waals surface area contributed by atoms with Crippen LogP contribution in [-0.2, 0) is 16.1 Å². The third-order valence-electron chi connectivity index (χ3n) is 3.33. The van der Waals surface area contributed by atoms with E-state index in [1.807, 2.05) is 12.1 Å². The van der Waals surface area contributed by atoms with E-state index in [2.05, 4.69) is 10.1 Å². The zero-order valence-electron chi connectivity index (χ0n) is 11.4. The van der Waals surface area contributed by atoms with Crippen LogP contribution in [0.3, 0.4) is 0 Å². The first-order chi connectivity index (χ1) is 10.2. The third-order valence-corrected chi connectivity index (χ3v) is 3.33. The maximum absolute atomic E-state index is 10.7. The summed E-state index contributed by atoms with van der Waals surface area (Å²) in [6.07, 6.45) is 1.33. The lowest BCUT2D eigenvalue weighted by molar-refractivity contribution is -0.142. The van der Waals surface area contributed by atoms with Crippen LogP contribution in [0.4, 0.5) is 0 Å². The molecule has 1 unspecified atom stereocenters. The van der Waals surface area contributed by atoms with E-state index in [0.717, 1.165) is 12.2 Å². The molecule has 3 rings (SSSR count). The molecule has 7 heteroatoms. The van der Waals surface area contributed by atoms with Gasteiger partial charge in [0, 0.05) is 25.7 Å². The first-order valence-electron chi connectivity index (χ1n) is 6.76. The monoisotopic (exact) mass is 292 g/mol. The minimum absolute atomic E-state index is 0.0208. The molecule has 0 saturated carbocycles. The van der Waals surface area contributed by atoms with E-state index in [1.54, 1.807) is 12.3 Å². The molecule has 0 spiro atoms. The van der Waals surface area contributed by atoms with Crippen molar-refractivity contribution in [1.82, 2.24) is 10.1 Å². The largest absolute Gasteiger partial charge is 0.481 e. The van der Waals surface area contributed by atoms with Crippen LogP contribution in [-0.4, -0.2) is 46.9 Å². The third kappa shape index (κ3) is 3.50. The average molecular weight is 292 g/mol. The SMILES string of the molecule is O=C(O)CC1CN(Cc2cc(-c3ccco3)on2)CCO1. The van der Waals surface area contributed by atoms with Gasteiger partial charge in [-0.25, -0.2) is 0 Å².